The number of Topliss-reactive ketones (excluding diaryl/α,β-unsaturated/α-hetero) is 1. The molecular weight excluding hydrogens is 331 g/mol. The van der Waals surface area contributed by atoms with E-state index in [2.05, 4.69) is 6.58 Å². The van der Waals surface area contributed by atoms with Crippen LogP contribution in [0.25, 0.3) is 0 Å². The average Bonchev–Trinajstić information content (AvgIpc) is 2.48. The van der Waals surface area contributed by atoms with Gasteiger partial charge in [0, 0.05) is 11.8 Å². The molecular formula is C17H29O6P. The quantitative estimate of drug-likeness (QED) is 0.493. The largest absolute Gasteiger partial charge is 0.481 e. The Hall–Kier alpha value is -0.970. The second kappa shape index (κ2) is 8.41. The molecule has 1 fully saturated rings. The Labute approximate surface area is 144 Å². The summed E-state index contributed by atoms with van der Waals surface area (Å²) in [7, 11) is -3.82. The Morgan fingerprint density at radius 1 is 1.42 bits per heavy atom. The second-order valence-corrected chi connectivity index (χ2v) is 8.92. The van der Waals surface area contributed by atoms with Gasteiger partial charge in [0.2, 0.25) is 0 Å². The normalized spacial score (nSPS) is 26.2. The highest BCUT2D eigenvalue weighted by Crippen LogP contribution is 2.57. The summed E-state index contributed by atoms with van der Waals surface area (Å²) in [4.78, 5) is 24.4. The van der Waals surface area contributed by atoms with E-state index in [9.17, 15) is 19.3 Å². The SMILES string of the molecule is C=C(C)[C@H]1CC[C@](C)(CC(C(=O)O)P(=O)(OCC)OCC)C(=O)C1. The summed E-state index contributed by atoms with van der Waals surface area (Å²) in [6.07, 6.45) is 1.63. The van der Waals surface area contributed by atoms with Gasteiger partial charge in [0.1, 0.15) is 5.78 Å². The monoisotopic (exact) mass is 360 g/mol. The first-order chi connectivity index (χ1) is 11.1. The molecule has 24 heavy (non-hydrogen) atoms. The second-order valence-electron chi connectivity index (χ2n) is 6.70. The fourth-order valence-electron chi connectivity index (χ4n) is 3.18. The van der Waals surface area contributed by atoms with E-state index < -0.39 is 24.6 Å². The molecule has 0 heterocycles. The van der Waals surface area contributed by atoms with Gasteiger partial charge in [-0.2, -0.15) is 0 Å². The molecule has 1 saturated carbocycles. The summed E-state index contributed by atoms with van der Waals surface area (Å²) in [6, 6.07) is 0. The Kier molecular flexibility index (Phi) is 7.39. The van der Waals surface area contributed by atoms with Crippen LogP contribution in [-0.4, -0.2) is 35.7 Å². The van der Waals surface area contributed by atoms with Crippen molar-refractivity contribution in [1.29, 1.82) is 0 Å². The number of allylic oxidation sites excluding steroid dienone is 1. The van der Waals surface area contributed by atoms with E-state index in [0.29, 0.717) is 12.8 Å². The molecule has 6 nitrogen and oxygen atoms in total. The predicted molar refractivity (Wildman–Crippen MR) is 92.2 cm³/mol. The highest BCUT2D eigenvalue weighted by atomic mass is 31.2. The molecule has 0 aliphatic heterocycles. The minimum Gasteiger partial charge on any atom is -0.481 e. The van der Waals surface area contributed by atoms with Crippen LogP contribution in [0.15, 0.2) is 12.2 Å². The van der Waals surface area contributed by atoms with Crippen molar-refractivity contribution < 1.29 is 28.3 Å². The van der Waals surface area contributed by atoms with Crippen LogP contribution in [0, 0.1) is 11.3 Å². The summed E-state index contributed by atoms with van der Waals surface area (Å²) in [5.41, 5.74) is -1.21. The minimum absolute atomic E-state index is 0.00690. The topological polar surface area (TPSA) is 89.9 Å². The van der Waals surface area contributed by atoms with Crippen LogP contribution in [0.5, 0.6) is 0 Å². The van der Waals surface area contributed by atoms with Crippen molar-refractivity contribution >= 4 is 19.3 Å². The Bertz CT molecular complexity index is 533. The van der Waals surface area contributed by atoms with Crippen molar-refractivity contribution in [3.8, 4) is 0 Å². The van der Waals surface area contributed by atoms with Gasteiger partial charge in [-0.15, -0.1) is 0 Å². The van der Waals surface area contributed by atoms with Gasteiger partial charge in [0.25, 0.3) is 0 Å². The number of carboxylic acid groups (broad SMARTS) is 1. The van der Waals surface area contributed by atoms with Crippen LogP contribution >= 0.6 is 7.60 Å². The number of aliphatic carboxylic acids is 1. The molecule has 0 aromatic rings. The molecule has 0 radical (unpaired) electrons. The maximum Gasteiger partial charge on any atom is 0.344 e. The maximum atomic E-state index is 12.9. The lowest BCUT2D eigenvalue weighted by Gasteiger charge is -2.38. The smallest absolute Gasteiger partial charge is 0.344 e. The number of carbonyl (C=O) groups excluding carboxylic acids is 1. The molecule has 0 aromatic carbocycles. The van der Waals surface area contributed by atoms with Crippen molar-refractivity contribution in [3.63, 3.8) is 0 Å². The molecule has 0 saturated heterocycles. The van der Waals surface area contributed by atoms with E-state index in [1.807, 2.05) is 6.92 Å². The third kappa shape index (κ3) is 4.78. The molecule has 0 spiro atoms. The molecule has 1 aliphatic carbocycles. The number of ketones is 1. The van der Waals surface area contributed by atoms with Crippen molar-refractivity contribution in [1.82, 2.24) is 0 Å². The molecule has 3 atom stereocenters. The molecule has 0 amide bonds. The highest BCUT2D eigenvalue weighted by Gasteiger charge is 2.49. The van der Waals surface area contributed by atoms with Gasteiger partial charge < -0.3 is 14.2 Å². The van der Waals surface area contributed by atoms with E-state index in [1.54, 1.807) is 20.8 Å². The first-order valence-corrected chi connectivity index (χ1v) is 10.0. The van der Waals surface area contributed by atoms with Gasteiger partial charge >= 0.3 is 13.6 Å². The first-order valence-electron chi connectivity index (χ1n) is 8.40. The fourth-order valence-corrected chi connectivity index (χ4v) is 5.23. The summed E-state index contributed by atoms with van der Waals surface area (Å²) >= 11 is 0. The van der Waals surface area contributed by atoms with Gasteiger partial charge in [-0.05, 0) is 46.0 Å². The first kappa shape index (κ1) is 21.1. The highest BCUT2D eigenvalue weighted by molar-refractivity contribution is 7.55. The number of hydrogen-bond donors (Lipinski definition) is 1. The Balaban J connectivity index is 3.03. The van der Waals surface area contributed by atoms with Gasteiger partial charge in [-0.25, -0.2) is 0 Å². The van der Waals surface area contributed by atoms with Crippen LogP contribution in [-0.2, 0) is 23.2 Å². The molecule has 0 aromatic heterocycles. The third-order valence-corrected chi connectivity index (χ3v) is 7.18. The molecule has 7 heteroatoms. The summed E-state index contributed by atoms with van der Waals surface area (Å²) in [5, 5.41) is 9.58. The van der Waals surface area contributed by atoms with Crippen LogP contribution in [0.2, 0.25) is 0 Å². The van der Waals surface area contributed by atoms with Gasteiger partial charge in [0.15, 0.2) is 5.66 Å². The molecule has 1 unspecified atom stereocenters. The molecule has 138 valence electrons. The summed E-state index contributed by atoms with van der Waals surface area (Å²) in [5.74, 6) is -1.12. The van der Waals surface area contributed by atoms with E-state index in [4.69, 9.17) is 9.05 Å². The number of hydrogen-bond acceptors (Lipinski definition) is 5. The van der Waals surface area contributed by atoms with Crippen LogP contribution in [0.1, 0.15) is 53.4 Å². The Morgan fingerprint density at radius 2 is 1.96 bits per heavy atom. The molecule has 1 N–H and O–H groups in total. The van der Waals surface area contributed by atoms with Crippen molar-refractivity contribution in [3.05, 3.63) is 12.2 Å². The number of rotatable bonds is 9. The van der Waals surface area contributed by atoms with Crippen LogP contribution in [0.3, 0.4) is 0 Å². The number of carboxylic acids is 1. The number of carbonyl (C=O) groups is 2. The van der Waals surface area contributed by atoms with Gasteiger partial charge in [-0.3, -0.25) is 14.2 Å². The van der Waals surface area contributed by atoms with Crippen molar-refractivity contribution in [2.75, 3.05) is 13.2 Å². The zero-order valence-corrected chi connectivity index (χ0v) is 15.9. The lowest BCUT2D eigenvalue weighted by Crippen LogP contribution is -2.40. The van der Waals surface area contributed by atoms with E-state index >= 15 is 0 Å². The lowest BCUT2D eigenvalue weighted by molar-refractivity contribution is -0.139. The van der Waals surface area contributed by atoms with E-state index in [0.717, 1.165) is 12.0 Å². The van der Waals surface area contributed by atoms with Crippen LogP contribution < -0.4 is 0 Å². The molecule has 0 bridgehead atoms. The zero-order valence-electron chi connectivity index (χ0n) is 15.0. The van der Waals surface area contributed by atoms with Crippen molar-refractivity contribution in [2.24, 2.45) is 11.3 Å². The van der Waals surface area contributed by atoms with E-state index in [1.165, 1.54) is 0 Å². The zero-order chi connectivity index (χ0) is 18.5. The Morgan fingerprint density at radius 3 is 2.33 bits per heavy atom. The van der Waals surface area contributed by atoms with Crippen LogP contribution in [0.4, 0.5) is 0 Å². The fraction of sp³-hybridized carbons (Fsp3) is 0.765. The standard InChI is InChI=1S/C17H29O6P/c1-6-22-24(21,23-7-2)14(16(19)20)11-17(5)9-8-13(12(3)4)10-15(17)18/h13-14H,3,6-11H2,1-2,4-5H3,(H,19,20)/t13-,14?,17+/m0/s1. The van der Waals surface area contributed by atoms with Gasteiger partial charge in [0.05, 0.1) is 13.2 Å². The van der Waals surface area contributed by atoms with Crippen molar-refractivity contribution in [2.45, 2.75) is 59.0 Å². The van der Waals surface area contributed by atoms with E-state index in [-0.39, 0.29) is 31.3 Å². The summed E-state index contributed by atoms with van der Waals surface area (Å²) in [6.45, 7) is 11.0. The predicted octanol–water partition coefficient (Wildman–Crippen LogP) is 4.05. The molecule has 1 aliphatic rings. The summed E-state index contributed by atoms with van der Waals surface area (Å²) < 4.78 is 23.3. The average molecular weight is 360 g/mol. The lowest BCUT2D eigenvalue weighted by atomic mass is 9.67. The maximum absolute atomic E-state index is 12.9. The minimum atomic E-state index is -3.82. The molecule has 1 rings (SSSR count). The van der Waals surface area contributed by atoms with Gasteiger partial charge in [-0.1, -0.05) is 19.1 Å². The third-order valence-electron chi connectivity index (χ3n) is 4.78.